The van der Waals surface area contributed by atoms with Gasteiger partial charge in [-0.05, 0) is 30.0 Å². The first-order valence-corrected chi connectivity index (χ1v) is 6.64. The Bertz CT molecular complexity index is 547. The molecule has 0 aliphatic rings. The molecular weight excluding hydrogens is 276 g/mol. The van der Waals surface area contributed by atoms with E-state index in [2.05, 4.69) is 15.4 Å². The molecule has 0 saturated heterocycles. The summed E-state index contributed by atoms with van der Waals surface area (Å²) in [6, 6.07) is 5.79. The number of halogens is 1. The standard InChI is InChI=1S/C14H17ClN4O/c1-20-14-3-2-10(8-18-14)6-12(19-16)7-11-4-5-17-9-13(11)15/h2-5,8-9,12,19H,6-7,16H2,1H3. The summed E-state index contributed by atoms with van der Waals surface area (Å²) in [5, 5.41) is 0.653. The van der Waals surface area contributed by atoms with Crippen molar-refractivity contribution in [2.24, 2.45) is 5.84 Å². The first-order valence-electron chi connectivity index (χ1n) is 6.26. The molecule has 2 heterocycles. The number of nitrogens with two attached hydrogens (primary N) is 1. The molecule has 0 bridgehead atoms. The summed E-state index contributed by atoms with van der Waals surface area (Å²) in [4.78, 5) is 8.16. The van der Waals surface area contributed by atoms with Crippen molar-refractivity contribution in [2.75, 3.05) is 7.11 Å². The minimum absolute atomic E-state index is 0.0742. The molecule has 0 amide bonds. The number of nitrogens with zero attached hydrogens (tertiary/aromatic N) is 2. The molecule has 1 unspecified atom stereocenters. The number of hydrogen-bond acceptors (Lipinski definition) is 5. The zero-order valence-electron chi connectivity index (χ0n) is 11.2. The van der Waals surface area contributed by atoms with Gasteiger partial charge < -0.3 is 4.74 Å². The summed E-state index contributed by atoms with van der Waals surface area (Å²) in [5.74, 6) is 6.22. The van der Waals surface area contributed by atoms with Crippen LogP contribution in [0.2, 0.25) is 5.02 Å². The van der Waals surface area contributed by atoms with Crippen molar-refractivity contribution >= 4 is 11.6 Å². The molecule has 0 saturated carbocycles. The van der Waals surface area contributed by atoms with E-state index in [0.717, 1.165) is 24.0 Å². The quantitative estimate of drug-likeness (QED) is 0.627. The number of pyridine rings is 2. The molecular formula is C14H17ClN4O. The SMILES string of the molecule is COc1ccc(CC(Cc2ccncc2Cl)NN)cn1. The number of hydrogen-bond donors (Lipinski definition) is 2. The van der Waals surface area contributed by atoms with Crippen LogP contribution < -0.4 is 16.0 Å². The van der Waals surface area contributed by atoms with E-state index in [-0.39, 0.29) is 6.04 Å². The number of rotatable bonds is 6. The van der Waals surface area contributed by atoms with E-state index >= 15 is 0 Å². The van der Waals surface area contributed by atoms with Crippen LogP contribution in [0.4, 0.5) is 0 Å². The second kappa shape index (κ2) is 7.19. The third kappa shape index (κ3) is 3.90. The van der Waals surface area contributed by atoms with E-state index in [1.54, 1.807) is 25.7 Å². The monoisotopic (exact) mass is 292 g/mol. The van der Waals surface area contributed by atoms with Crippen LogP contribution in [-0.4, -0.2) is 23.1 Å². The lowest BCUT2D eigenvalue weighted by Gasteiger charge is -2.16. The smallest absolute Gasteiger partial charge is 0.212 e. The molecule has 0 radical (unpaired) electrons. The molecule has 0 aromatic carbocycles. The predicted molar refractivity (Wildman–Crippen MR) is 78.6 cm³/mol. The number of hydrazine groups is 1. The fourth-order valence-electron chi connectivity index (χ4n) is 1.96. The Kier molecular flexibility index (Phi) is 5.29. The van der Waals surface area contributed by atoms with Gasteiger partial charge in [0.15, 0.2) is 0 Å². The number of methoxy groups -OCH3 is 1. The summed E-state index contributed by atoms with van der Waals surface area (Å²) >= 11 is 6.11. The van der Waals surface area contributed by atoms with E-state index < -0.39 is 0 Å². The summed E-state index contributed by atoms with van der Waals surface area (Å²) in [7, 11) is 1.59. The van der Waals surface area contributed by atoms with Gasteiger partial charge >= 0.3 is 0 Å². The lowest BCUT2D eigenvalue weighted by atomic mass is 10.0. The molecule has 2 rings (SSSR count). The highest BCUT2D eigenvalue weighted by Crippen LogP contribution is 2.17. The zero-order chi connectivity index (χ0) is 14.4. The Hall–Kier alpha value is -1.69. The molecule has 2 aromatic rings. The summed E-state index contributed by atoms with van der Waals surface area (Å²) in [6.07, 6.45) is 6.64. The molecule has 6 heteroatoms. The molecule has 20 heavy (non-hydrogen) atoms. The molecule has 1 atom stereocenters. The van der Waals surface area contributed by atoms with Crippen molar-refractivity contribution in [1.29, 1.82) is 0 Å². The number of ether oxygens (including phenoxy) is 1. The van der Waals surface area contributed by atoms with Crippen LogP contribution in [-0.2, 0) is 12.8 Å². The Morgan fingerprint density at radius 1 is 1.30 bits per heavy atom. The van der Waals surface area contributed by atoms with Crippen LogP contribution in [0.1, 0.15) is 11.1 Å². The van der Waals surface area contributed by atoms with Gasteiger partial charge in [0.1, 0.15) is 0 Å². The van der Waals surface area contributed by atoms with E-state index in [4.69, 9.17) is 22.2 Å². The van der Waals surface area contributed by atoms with Crippen molar-refractivity contribution in [2.45, 2.75) is 18.9 Å². The second-order valence-corrected chi connectivity index (χ2v) is 4.85. The summed E-state index contributed by atoms with van der Waals surface area (Å²) in [5.41, 5.74) is 4.92. The largest absolute Gasteiger partial charge is 0.481 e. The van der Waals surface area contributed by atoms with Crippen LogP contribution >= 0.6 is 11.6 Å². The van der Waals surface area contributed by atoms with Crippen LogP contribution in [0.25, 0.3) is 0 Å². The van der Waals surface area contributed by atoms with E-state index in [1.165, 1.54) is 0 Å². The maximum atomic E-state index is 6.11. The van der Waals surface area contributed by atoms with E-state index in [0.29, 0.717) is 10.9 Å². The van der Waals surface area contributed by atoms with E-state index in [1.807, 2.05) is 18.2 Å². The fourth-order valence-corrected chi connectivity index (χ4v) is 2.16. The number of nitrogens with one attached hydrogen (secondary N) is 1. The van der Waals surface area contributed by atoms with Gasteiger partial charge in [-0.25, -0.2) is 4.98 Å². The summed E-state index contributed by atoms with van der Waals surface area (Å²) in [6.45, 7) is 0. The molecule has 3 N–H and O–H groups in total. The zero-order valence-corrected chi connectivity index (χ0v) is 12.0. The maximum absolute atomic E-state index is 6.11. The Morgan fingerprint density at radius 2 is 2.15 bits per heavy atom. The number of aromatic nitrogens is 2. The molecule has 5 nitrogen and oxygen atoms in total. The van der Waals surface area contributed by atoms with Gasteiger partial charge in [-0.3, -0.25) is 16.3 Å². The molecule has 0 spiro atoms. The average molecular weight is 293 g/mol. The predicted octanol–water partition coefficient (Wildman–Crippen LogP) is 1.76. The van der Waals surface area contributed by atoms with Gasteiger partial charge in [-0.1, -0.05) is 17.7 Å². The first-order chi connectivity index (χ1) is 9.72. The second-order valence-electron chi connectivity index (χ2n) is 4.45. The van der Waals surface area contributed by atoms with E-state index in [9.17, 15) is 0 Å². The van der Waals surface area contributed by atoms with Gasteiger partial charge in [0.2, 0.25) is 5.88 Å². The van der Waals surface area contributed by atoms with Crippen LogP contribution in [0.15, 0.2) is 36.8 Å². The van der Waals surface area contributed by atoms with Crippen molar-refractivity contribution in [3.8, 4) is 5.88 Å². The highest BCUT2D eigenvalue weighted by Gasteiger charge is 2.11. The molecule has 0 aliphatic carbocycles. The highest BCUT2D eigenvalue weighted by molar-refractivity contribution is 6.31. The third-order valence-corrected chi connectivity index (χ3v) is 3.39. The van der Waals surface area contributed by atoms with Gasteiger partial charge in [-0.2, -0.15) is 0 Å². The molecule has 0 aliphatic heterocycles. The van der Waals surface area contributed by atoms with Gasteiger partial charge in [0, 0.05) is 30.7 Å². The van der Waals surface area contributed by atoms with Crippen LogP contribution in [0.3, 0.4) is 0 Å². The van der Waals surface area contributed by atoms with Crippen molar-refractivity contribution in [3.63, 3.8) is 0 Å². The third-order valence-electron chi connectivity index (χ3n) is 3.05. The maximum Gasteiger partial charge on any atom is 0.212 e. The average Bonchev–Trinajstić information content (AvgIpc) is 2.49. The fraction of sp³-hybridized carbons (Fsp3) is 0.286. The van der Waals surface area contributed by atoms with Crippen LogP contribution in [0, 0.1) is 0 Å². The lowest BCUT2D eigenvalue weighted by Crippen LogP contribution is -2.38. The minimum atomic E-state index is 0.0742. The minimum Gasteiger partial charge on any atom is -0.481 e. The van der Waals surface area contributed by atoms with Gasteiger partial charge in [0.25, 0.3) is 0 Å². The molecule has 2 aromatic heterocycles. The normalized spacial score (nSPS) is 12.2. The Labute approximate surface area is 123 Å². The molecule has 106 valence electrons. The van der Waals surface area contributed by atoms with Gasteiger partial charge in [0.05, 0.1) is 12.1 Å². The van der Waals surface area contributed by atoms with Crippen molar-refractivity contribution in [3.05, 3.63) is 52.9 Å². The molecule has 0 fully saturated rings. The van der Waals surface area contributed by atoms with Crippen LogP contribution in [0.5, 0.6) is 5.88 Å². The highest BCUT2D eigenvalue weighted by atomic mass is 35.5. The topological polar surface area (TPSA) is 73.1 Å². The first kappa shape index (κ1) is 14.7. The van der Waals surface area contributed by atoms with Gasteiger partial charge in [-0.15, -0.1) is 0 Å². The Balaban J connectivity index is 2.03. The van der Waals surface area contributed by atoms with Crippen molar-refractivity contribution < 1.29 is 4.74 Å². The summed E-state index contributed by atoms with van der Waals surface area (Å²) < 4.78 is 5.04. The van der Waals surface area contributed by atoms with Crippen molar-refractivity contribution in [1.82, 2.24) is 15.4 Å². The Morgan fingerprint density at radius 3 is 2.75 bits per heavy atom. The lowest BCUT2D eigenvalue weighted by molar-refractivity contribution is 0.397.